The molecule has 0 aliphatic carbocycles. The quantitative estimate of drug-likeness (QED) is 0.625. The second-order valence-electron chi connectivity index (χ2n) is 6.73. The van der Waals surface area contributed by atoms with Gasteiger partial charge < -0.3 is 10.4 Å². The van der Waals surface area contributed by atoms with Crippen molar-refractivity contribution in [2.75, 3.05) is 5.32 Å². The minimum Gasteiger partial charge on any atom is -0.481 e. The molecule has 9 heteroatoms. The first-order valence-electron chi connectivity index (χ1n) is 8.90. The average Bonchev–Trinajstić information content (AvgIpc) is 2.67. The zero-order chi connectivity index (χ0) is 22.5. The monoisotopic (exact) mass is 438 g/mol. The van der Waals surface area contributed by atoms with Gasteiger partial charge in [0, 0.05) is 11.4 Å². The van der Waals surface area contributed by atoms with Gasteiger partial charge in [-0.1, -0.05) is 36.7 Å². The summed E-state index contributed by atoms with van der Waals surface area (Å²) >= 11 is 5.80. The fourth-order valence-electron chi connectivity index (χ4n) is 2.94. The Morgan fingerprint density at radius 3 is 2.37 bits per heavy atom. The summed E-state index contributed by atoms with van der Waals surface area (Å²) in [6, 6.07) is 11.7. The molecule has 5 nitrogen and oxygen atoms in total. The normalized spacial score (nSPS) is 13.2. The molecule has 0 heterocycles. The number of carboxylic acid groups (broad SMARTS) is 1. The first-order valence-corrected chi connectivity index (χ1v) is 9.28. The third kappa shape index (κ3) is 5.97. The molecule has 0 fully saturated rings. The molecular weight excluding hydrogens is 421 g/mol. The topological polar surface area (TPSA) is 90.2 Å². The molecule has 2 N–H and O–H groups in total. The minimum atomic E-state index is -4.64. The number of halogens is 4. The van der Waals surface area contributed by atoms with Crippen LogP contribution in [0.1, 0.15) is 36.0 Å². The SMILES string of the molecule is CC(C(C(=O)Nc1cc(CCC(=O)O)ccc1C#N)c1ccc(Cl)cc1)C(F)(F)F. The highest BCUT2D eigenvalue weighted by Gasteiger charge is 2.45. The van der Waals surface area contributed by atoms with Gasteiger partial charge in [-0.15, -0.1) is 0 Å². The van der Waals surface area contributed by atoms with Crippen molar-refractivity contribution in [2.24, 2.45) is 5.92 Å². The number of amides is 1. The molecule has 0 spiro atoms. The molecule has 30 heavy (non-hydrogen) atoms. The molecule has 0 saturated carbocycles. The predicted molar refractivity (Wildman–Crippen MR) is 105 cm³/mol. The first kappa shape index (κ1) is 23.2. The molecule has 1 amide bonds. The van der Waals surface area contributed by atoms with Crippen molar-refractivity contribution < 1.29 is 27.9 Å². The summed E-state index contributed by atoms with van der Waals surface area (Å²) in [5, 5.41) is 20.8. The largest absolute Gasteiger partial charge is 0.481 e. The van der Waals surface area contributed by atoms with E-state index in [9.17, 15) is 28.0 Å². The molecule has 2 rings (SSSR count). The predicted octanol–water partition coefficient (Wildman–Crippen LogP) is 5.15. The Morgan fingerprint density at radius 2 is 1.83 bits per heavy atom. The Kier molecular flexibility index (Phi) is 7.46. The van der Waals surface area contributed by atoms with Crippen LogP contribution in [0.4, 0.5) is 18.9 Å². The number of alkyl halides is 3. The number of nitriles is 1. The van der Waals surface area contributed by atoms with Crippen molar-refractivity contribution in [3.63, 3.8) is 0 Å². The zero-order valence-corrected chi connectivity index (χ0v) is 16.6. The lowest BCUT2D eigenvalue weighted by molar-refractivity contribution is -0.178. The zero-order valence-electron chi connectivity index (χ0n) is 15.8. The molecule has 0 radical (unpaired) electrons. The van der Waals surface area contributed by atoms with E-state index in [1.807, 2.05) is 6.07 Å². The first-order chi connectivity index (χ1) is 14.0. The summed E-state index contributed by atoms with van der Waals surface area (Å²) in [7, 11) is 0. The number of aliphatic carboxylic acids is 1. The maximum absolute atomic E-state index is 13.4. The van der Waals surface area contributed by atoms with Crippen LogP contribution in [0.2, 0.25) is 5.02 Å². The molecule has 2 aromatic carbocycles. The van der Waals surface area contributed by atoms with Crippen LogP contribution in [-0.4, -0.2) is 23.2 Å². The molecule has 0 saturated heterocycles. The number of carbonyl (C=O) groups excluding carboxylic acids is 1. The van der Waals surface area contributed by atoms with Crippen LogP contribution in [0.25, 0.3) is 0 Å². The van der Waals surface area contributed by atoms with Crippen molar-refractivity contribution in [1.82, 2.24) is 0 Å². The Labute approximate surface area is 176 Å². The number of rotatable bonds is 7. The number of nitrogens with one attached hydrogen (secondary N) is 1. The second-order valence-corrected chi connectivity index (χ2v) is 7.17. The summed E-state index contributed by atoms with van der Waals surface area (Å²) in [4.78, 5) is 23.6. The van der Waals surface area contributed by atoms with Gasteiger partial charge >= 0.3 is 12.1 Å². The number of aryl methyl sites for hydroxylation is 1. The second kappa shape index (κ2) is 9.63. The third-order valence-corrected chi connectivity index (χ3v) is 4.87. The molecular formula is C21H18ClF3N2O3. The smallest absolute Gasteiger partial charge is 0.392 e. The lowest BCUT2D eigenvalue weighted by Gasteiger charge is -2.26. The van der Waals surface area contributed by atoms with Crippen LogP contribution in [0.3, 0.4) is 0 Å². The van der Waals surface area contributed by atoms with E-state index in [1.54, 1.807) is 0 Å². The molecule has 0 aliphatic rings. The molecule has 2 unspecified atom stereocenters. The number of carboxylic acids is 1. The van der Waals surface area contributed by atoms with E-state index in [0.29, 0.717) is 10.6 Å². The molecule has 2 atom stereocenters. The van der Waals surface area contributed by atoms with E-state index >= 15 is 0 Å². The Hall–Kier alpha value is -3.05. The molecule has 0 bridgehead atoms. The Balaban J connectivity index is 2.39. The fourth-order valence-corrected chi connectivity index (χ4v) is 3.06. The Morgan fingerprint density at radius 1 is 1.20 bits per heavy atom. The van der Waals surface area contributed by atoms with E-state index in [1.165, 1.54) is 42.5 Å². The highest BCUT2D eigenvalue weighted by Crippen LogP contribution is 2.38. The average molecular weight is 439 g/mol. The number of nitrogens with zero attached hydrogens (tertiary/aromatic N) is 1. The van der Waals surface area contributed by atoms with Gasteiger partial charge in [0.2, 0.25) is 5.91 Å². The maximum atomic E-state index is 13.4. The van der Waals surface area contributed by atoms with Crippen molar-refractivity contribution in [3.8, 4) is 6.07 Å². The van der Waals surface area contributed by atoms with Crippen LogP contribution < -0.4 is 5.32 Å². The summed E-state index contributed by atoms with van der Waals surface area (Å²) in [5.74, 6) is -5.53. The summed E-state index contributed by atoms with van der Waals surface area (Å²) in [5.41, 5.74) is 0.733. The van der Waals surface area contributed by atoms with E-state index in [2.05, 4.69) is 5.32 Å². The molecule has 0 aromatic heterocycles. The van der Waals surface area contributed by atoms with Crippen LogP contribution in [0.5, 0.6) is 0 Å². The van der Waals surface area contributed by atoms with Gasteiger partial charge in [-0.05, 0) is 41.8 Å². The van der Waals surface area contributed by atoms with Crippen LogP contribution >= 0.6 is 11.6 Å². The standard InChI is InChI=1S/C21H18ClF3N2O3/c1-12(21(23,24)25)19(14-5-7-16(22)8-6-14)20(30)27-17-10-13(3-9-18(28)29)2-4-15(17)11-26/h2,4-8,10,12,19H,3,9H2,1H3,(H,27,30)(H,28,29). The van der Waals surface area contributed by atoms with Crippen LogP contribution in [-0.2, 0) is 16.0 Å². The number of anilines is 1. The fraction of sp³-hybridized carbons (Fsp3) is 0.286. The van der Waals surface area contributed by atoms with Crippen molar-refractivity contribution >= 4 is 29.2 Å². The minimum absolute atomic E-state index is 0.0266. The van der Waals surface area contributed by atoms with Gasteiger partial charge in [-0.25, -0.2) is 0 Å². The van der Waals surface area contributed by atoms with Gasteiger partial charge in [0.15, 0.2) is 0 Å². The van der Waals surface area contributed by atoms with E-state index < -0.39 is 29.9 Å². The number of carbonyl (C=O) groups is 2. The van der Waals surface area contributed by atoms with Gasteiger partial charge in [-0.2, -0.15) is 18.4 Å². The lowest BCUT2D eigenvalue weighted by atomic mass is 9.85. The molecule has 0 aliphatic heterocycles. The van der Waals surface area contributed by atoms with E-state index in [0.717, 1.165) is 6.92 Å². The maximum Gasteiger partial charge on any atom is 0.392 e. The molecule has 2 aromatic rings. The van der Waals surface area contributed by atoms with Gasteiger partial charge in [0.05, 0.1) is 23.1 Å². The highest BCUT2D eigenvalue weighted by atomic mass is 35.5. The van der Waals surface area contributed by atoms with Gasteiger partial charge in [0.25, 0.3) is 0 Å². The summed E-state index contributed by atoms with van der Waals surface area (Å²) in [6.07, 6.45) is -4.66. The third-order valence-electron chi connectivity index (χ3n) is 4.62. The number of hydrogen-bond acceptors (Lipinski definition) is 3. The van der Waals surface area contributed by atoms with Gasteiger partial charge in [-0.3, -0.25) is 9.59 Å². The van der Waals surface area contributed by atoms with Crippen molar-refractivity contribution in [3.05, 3.63) is 64.2 Å². The van der Waals surface area contributed by atoms with Crippen molar-refractivity contribution in [1.29, 1.82) is 5.26 Å². The number of hydrogen-bond donors (Lipinski definition) is 2. The van der Waals surface area contributed by atoms with E-state index in [4.69, 9.17) is 16.7 Å². The lowest BCUT2D eigenvalue weighted by Crippen LogP contribution is -2.34. The van der Waals surface area contributed by atoms with Gasteiger partial charge in [0.1, 0.15) is 6.07 Å². The number of benzene rings is 2. The van der Waals surface area contributed by atoms with Crippen LogP contribution in [0.15, 0.2) is 42.5 Å². The molecule has 158 valence electrons. The van der Waals surface area contributed by atoms with E-state index in [-0.39, 0.29) is 29.7 Å². The Bertz CT molecular complexity index is 969. The van der Waals surface area contributed by atoms with Crippen molar-refractivity contribution in [2.45, 2.75) is 31.9 Å². The summed E-state index contributed by atoms with van der Waals surface area (Å²) < 4.78 is 40.3. The van der Waals surface area contributed by atoms with Crippen LogP contribution in [0, 0.1) is 17.2 Å². The highest BCUT2D eigenvalue weighted by molar-refractivity contribution is 6.30. The summed E-state index contributed by atoms with van der Waals surface area (Å²) in [6.45, 7) is 0.910.